The van der Waals surface area contributed by atoms with Gasteiger partial charge in [-0.05, 0) is 97.9 Å². The van der Waals surface area contributed by atoms with E-state index in [4.69, 9.17) is 4.74 Å². The Hall–Kier alpha value is -2.35. The Bertz CT molecular complexity index is 1100. The first kappa shape index (κ1) is 29.6. The third kappa shape index (κ3) is 8.32. The fraction of sp³-hybridized carbons (Fsp3) is 0.562. The van der Waals surface area contributed by atoms with E-state index in [1.54, 1.807) is 11.8 Å². The van der Waals surface area contributed by atoms with Gasteiger partial charge in [-0.3, -0.25) is 9.69 Å². The monoisotopic (exact) mass is 552 g/mol. The minimum Gasteiger partial charge on any atom is -0.480 e. The normalized spacial score (nSPS) is 19.2. The van der Waals surface area contributed by atoms with Gasteiger partial charge in [-0.1, -0.05) is 49.6 Å². The number of ether oxygens (including phenoxy) is 1. The van der Waals surface area contributed by atoms with Crippen LogP contribution in [-0.2, 0) is 16.1 Å². The highest BCUT2D eigenvalue weighted by molar-refractivity contribution is 7.98. The van der Waals surface area contributed by atoms with Crippen LogP contribution in [0.1, 0.15) is 72.9 Å². The molecule has 0 radical (unpaired) electrons. The SMILES string of the molecule is CSCCC(NC(=O)c1ccc(CN2CCCC2COCC2CCCCC2)cc1-c1ccccc1C)C(=O)O. The summed E-state index contributed by atoms with van der Waals surface area (Å²) in [4.78, 5) is 27.7. The van der Waals surface area contributed by atoms with Crippen molar-refractivity contribution in [3.05, 3.63) is 59.2 Å². The lowest BCUT2D eigenvalue weighted by atomic mass is 9.90. The van der Waals surface area contributed by atoms with Crippen LogP contribution in [0.25, 0.3) is 11.1 Å². The van der Waals surface area contributed by atoms with Crippen molar-refractivity contribution in [2.75, 3.05) is 31.8 Å². The average Bonchev–Trinajstić information content (AvgIpc) is 3.38. The lowest BCUT2D eigenvalue weighted by Crippen LogP contribution is -2.41. The molecule has 2 fully saturated rings. The number of nitrogens with one attached hydrogen (secondary N) is 1. The molecule has 2 aromatic rings. The fourth-order valence-corrected chi connectivity index (χ4v) is 6.44. The largest absolute Gasteiger partial charge is 0.480 e. The number of aliphatic carboxylic acids is 1. The zero-order valence-corrected chi connectivity index (χ0v) is 24.3. The number of carboxylic acid groups (broad SMARTS) is 1. The standard InChI is InChI=1S/C32H44N2O4S/c1-23-9-6-7-13-27(23)29-19-25(14-15-28(29)31(35)33-30(32(36)37)16-18-39-2)20-34-17-8-12-26(34)22-38-21-24-10-4-3-5-11-24/h6-7,9,13-15,19,24,26,30H,3-5,8,10-12,16-18,20-22H2,1-2H3,(H,33,35)(H,36,37). The number of amides is 1. The van der Waals surface area contributed by atoms with Gasteiger partial charge in [-0.15, -0.1) is 0 Å². The summed E-state index contributed by atoms with van der Waals surface area (Å²) in [7, 11) is 0. The van der Waals surface area contributed by atoms with Crippen LogP contribution in [0.15, 0.2) is 42.5 Å². The number of hydrogen-bond acceptors (Lipinski definition) is 5. The molecular formula is C32H44N2O4S. The molecule has 0 spiro atoms. The molecule has 2 N–H and O–H groups in total. The third-order valence-electron chi connectivity index (χ3n) is 8.25. The molecular weight excluding hydrogens is 508 g/mol. The number of nitrogens with zero attached hydrogens (tertiary/aromatic N) is 1. The van der Waals surface area contributed by atoms with Crippen LogP contribution in [0, 0.1) is 12.8 Å². The average molecular weight is 553 g/mol. The summed E-state index contributed by atoms with van der Waals surface area (Å²) in [5.41, 5.74) is 4.59. The quantitative estimate of drug-likeness (QED) is 0.310. The highest BCUT2D eigenvalue weighted by Gasteiger charge is 2.27. The van der Waals surface area contributed by atoms with Crippen LogP contribution >= 0.6 is 11.8 Å². The molecule has 2 unspecified atom stereocenters. The Balaban J connectivity index is 1.49. The molecule has 1 saturated heterocycles. The molecule has 39 heavy (non-hydrogen) atoms. The molecule has 1 aliphatic carbocycles. The molecule has 7 heteroatoms. The number of carboxylic acids is 1. The van der Waals surface area contributed by atoms with E-state index in [9.17, 15) is 14.7 Å². The summed E-state index contributed by atoms with van der Waals surface area (Å²) in [6.07, 6.45) is 11.3. The Morgan fingerprint density at radius 2 is 1.85 bits per heavy atom. The van der Waals surface area contributed by atoms with E-state index < -0.39 is 12.0 Å². The summed E-state index contributed by atoms with van der Waals surface area (Å²) in [6.45, 7) is 5.58. The molecule has 0 bridgehead atoms. The predicted octanol–water partition coefficient (Wildman–Crippen LogP) is 6.16. The van der Waals surface area contributed by atoms with Gasteiger partial charge in [0.1, 0.15) is 6.04 Å². The Kier molecular flexibility index (Phi) is 11.3. The number of carbonyl (C=O) groups is 2. The van der Waals surface area contributed by atoms with Crippen molar-refractivity contribution in [2.24, 2.45) is 5.92 Å². The van der Waals surface area contributed by atoms with Gasteiger partial charge < -0.3 is 15.2 Å². The number of aryl methyl sites for hydroxylation is 1. The zero-order valence-electron chi connectivity index (χ0n) is 23.5. The highest BCUT2D eigenvalue weighted by Crippen LogP contribution is 2.30. The molecule has 6 nitrogen and oxygen atoms in total. The molecule has 0 aromatic heterocycles. The van der Waals surface area contributed by atoms with E-state index >= 15 is 0 Å². The predicted molar refractivity (Wildman–Crippen MR) is 159 cm³/mol. The van der Waals surface area contributed by atoms with E-state index in [-0.39, 0.29) is 5.91 Å². The van der Waals surface area contributed by atoms with Gasteiger partial charge in [0.05, 0.1) is 6.61 Å². The van der Waals surface area contributed by atoms with Crippen molar-refractivity contribution >= 4 is 23.6 Å². The molecule has 4 rings (SSSR count). The van der Waals surface area contributed by atoms with E-state index in [1.807, 2.05) is 49.6 Å². The highest BCUT2D eigenvalue weighted by atomic mass is 32.2. The Labute approximate surface area is 237 Å². The van der Waals surface area contributed by atoms with Crippen LogP contribution in [0.5, 0.6) is 0 Å². The molecule has 212 valence electrons. The van der Waals surface area contributed by atoms with Crippen molar-refractivity contribution in [3.63, 3.8) is 0 Å². The maximum atomic E-state index is 13.4. The maximum Gasteiger partial charge on any atom is 0.326 e. The van der Waals surface area contributed by atoms with Crippen molar-refractivity contribution in [2.45, 2.75) is 76.9 Å². The van der Waals surface area contributed by atoms with Gasteiger partial charge >= 0.3 is 5.97 Å². The van der Waals surface area contributed by atoms with Crippen LogP contribution in [0.4, 0.5) is 0 Å². The number of likely N-dealkylation sites (tertiary alicyclic amines) is 1. The first-order valence-corrected chi connectivity index (χ1v) is 15.9. The Morgan fingerprint density at radius 3 is 2.59 bits per heavy atom. The second-order valence-corrected chi connectivity index (χ2v) is 12.1. The van der Waals surface area contributed by atoms with Crippen molar-refractivity contribution in [1.29, 1.82) is 0 Å². The number of carbonyl (C=O) groups excluding carboxylic acids is 1. The molecule has 2 aliphatic rings. The Morgan fingerprint density at radius 1 is 1.05 bits per heavy atom. The van der Waals surface area contributed by atoms with Crippen molar-refractivity contribution < 1.29 is 19.4 Å². The van der Waals surface area contributed by atoms with E-state index in [2.05, 4.69) is 16.3 Å². The molecule has 2 aromatic carbocycles. The van der Waals surface area contributed by atoms with Gasteiger partial charge in [0, 0.05) is 24.8 Å². The number of hydrogen-bond donors (Lipinski definition) is 2. The smallest absolute Gasteiger partial charge is 0.326 e. The minimum absolute atomic E-state index is 0.344. The zero-order chi connectivity index (χ0) is 27.6. The van der Waals surface area contributed by atoms with Crippen LogP contribution in [-0.4, -0.2) is 65.7 Å². The van der Waals surface area contributed by atoms with Gasteiger partial charge in [-0.2, -0.15) is 11.8 Å². The molecule has 1 saturated carbocycles. The molecule has 1 heterocycles. The van der Waals surface area contributed by atoms with E-state index in [1.165, 1.54) is 38.5 Å². The number of benzene rings is 2. The van der Waals surface area contributed by atoms with Gasteiger partial charge in [-0.25, -0.2) is 4.79 Å². The van der Waals surface area contributed by atoms with Gasteiger partial charge in [0.2, 0.25) is 0 Å². The first-order chi connectivity index (χ1) is 19.0. The number of rotatable bonds is 13. The van der Waals surface area contributed by atoms with Gasteiger partial charge in [0.15, 0.2) is 0 Å². The first-order valence-electron chi connectivity index (χ1n) is 14.5. The minimum atomic E-state index is -1.00. The molecule has 1 amide bonds. The summed E-state index contributed by atoms with van der Waals surface area (Å²) >= 11 is 1.57. The summed E-state index contributed by atoms with van der Waals surface area (Å²) in [5.74, 6) is 0.0495. The lowest BCUT2D eigenvalue weighted by Gasteiger charge is -2.27. The van der Waals surface area contributed by atoms with Crippen molar-refractivity contribution in [1.82, 2.24) is 10.2 Å². The van der Waals surface area contributed by atoms with Gasteiger partial charge in [0.25, 0.3) is 5.91 Å². The summed E-state index contributed by atoms with van der Waals surface area (Å²) in [5, 5.41) is 12.4. The second kappa shape index (κ2) is 14.9. The second-order valence-electron chi connectivity index (χ2n) is 11.1. The fourth-order valence-electron chi connectivity index (χ4n) is 5.97. The topological polar surface area (TPSA) is 78.9 Å². The summed E-state index contributed by atoms with van der Waals surface area (Å²) < 4.78 is 6.22. The van der Waals surface area contributed by atoms with E-state index in [0.717, 1.165) is 60.9 Å². The van der Waals surface area contributed by atoms with Crippen molar-refractivity contribution in [3.8, 4) is 11.1 Å². The van der Waals surface area contributed by atoms with Crippen LogP contribution < -0.4 is 5.32 Å². The van der Waals surface area contributed by atoms with Crippen LogP contribution in [0.2, 0.25) is 0 Å². The van der Waals surface area contributed by atoms with E-state index in [0.29, 0.717) is 23.8 Å². The summed E-state index contributed by atoms with van der Waals surface area (Å²) in [6, 6.07) is 13.6. The van der Waals surface area contributed by atoms with Crippen LogP contribution in [0.3, 0.4) is 0 Å². The number of thioether (sulfide) groups is 1. The molecule has 1 aliphatic heterocycles. The lowest BCUT2D eigenvalue weighted by molar-refractivity contribution is -0.139. The molecule has 2 atom stereocenters. The third-order valence-corrected chi connectivity index (χ3v) is 8.90. The maximum absolute atomic E-state index is 13.4.